The fourth-order valence-electron chi connectivity index (χ4n) is 11.2. The summed E-state index contributed by atoms with van der Waals surface area (Å²) in [6.07, 6.45) is 7.98. The van der Waals surface area contributed by atoms with Crippen molar-refractivity contribution in [3.8, 4) is 78.3 Å². The smallest absolute Gasteiger partial charge is 0.0705 e. The van der Waals surface area contributed by atoms with E-state index in [0.29, 0.717) is 11.3 Å². The first-order valence-electron chi connectivity index (χ1n) is 30.2. The summed E-state index contributed by atoms with van der Waals surface area (Å²) in [6, 6.07) is 60.0. The molecule has 0 spiro atoms. The van der Waals surface area contributed by atoms with Crippen LogP contribution in [0, 0.1) is 6.85 Å². The number of pyridine rings is 3. The van der Waals surface area contributed by atoms with Crippen LogP contribution in [-0.4, -0.2) is 15.0 Å². The third-order valence-corrected chi connectivity index (χ3v) is 15.3. The van der Waals surface area contributed by atoms with Crippen LogP contribution in [0.4, 0.5) is 0 Å². The summed E-state index contributed by atoms with van der Waals surface area (Å²) in [7, 11) is 0. The van der Waals surface area contributed by atoms with Crippen LogP contribution in [0.1, 0.15) is 123 Å². The molecular formula is C72H67N3. The maximum absolute atomic E-state index is 8.60. The Bertz CT molecular complexity index is 3840. The van der Waals surface area contributed by atoms with E-state index < -0.39 is 37.1 Å². The largest absolute Gasteiger partial charge is 0.256 e. The van der Waals surface area contributed by atoms with Crippen LogP contribution >= 0.6 is 0 Å². The lowest BCUT2D eigenvalue weighted by Crippen LogP contribution is -2.21. The molecule has 0 bridgehead atoms. The maximum Gasteiger partial charge on any atom is 0.0705 e. The van der Waals surface area contributed by atoms with Gasteiger partial charge >= 0.3 is 0 Å². The highest BCUT2D eigenvalue weighted by Gasteiger charge is 2.35. The monoisotopic (exact) mass is 982 g/mol. The van der Waals surface area contributed by atoms with Gasteiger partial charge in [-0.3, -0.25) is 15.0 Å². The molecule has 10 aromatic rings. The minimum Gasteiger partial charge on any atom is -0.256 e. The van der Waals surface area contributed by atoms with Gasteiger partial charge in [0.2, 0.25) is 0 Å². The van der Waals surface area contributed by atoms with Crippen molar-refractivity contribution < 1.29 is 11.0 Å². The van der Waals surface area contributed by atoms with Crippen molar-refractivity contribution in [1.29, 1.82) is 0 Å². The normalized spacial score (nSPS) is 17.6. The number of aromatic nitrogens is 3. The number of benzene rings is 7. The Kier molecular flexibility index (Phi) is 11.2. The molecule has 3 nitrogen and oxygen atoms in total. The Hall–Kier alpha value is -8.01. The van der Waals surface area contributed by atoms with E-state index in [1.54, 1.807) is 0 Å². The van der Waals surface area contributed by atoms with Crippen LogP contribution in [0.2, 0.25) is 0 Å². The van der Waals surface area contributed by atoms with Gasteiger partial charge in [0.1, 0.15) is 0 Å². The molecule has 0 aliphatic heterocycles. The highest BCUT2D eigenvalue weighted by atomic mass is 14.7. The number of hydrogen-bond acceptors (Lipinski definition) is 3. The first-order valence-corrected chi connectivity index (χ1v) is 26.2. The number of aryl methyl sites for hydroxylation is 1. The van der Waals surface area contributed by atoms with Crippen molar-refractivity contribution in [1.82, 2.24) is 15.0 Å². The Morgan fingerprint density at radius 2 is 0.747 bits per heavy atom. The molecule has 1 aliphatic carbocycles. The summed E-state index contributed by atoms with van der Waals surface area (Å²) >= 11 is 0. The predicted molar refractivity (Wildman–Crippen MR) is 315 cm³/mol. The minimum atomic E-state index is -2.67. The van der Waals surface area contributed by atoms with Crippen molar-refractivity contribution >= 4 is 0 Å². The molecule has 0 N–H and O–H groups in total. The highest BCUT2D eigenvalue weighted by molar-refractivity contribution is 5.77. The number of rotatable bonds is 10. The molecule has 3 aromatic heterocycles. The van der Waals surface area contributed by atoms with E-state index in [2.05, 4.69) is 204 Å². The summed E-state index contributed by atoms with van der Waals surface area (Å²) in [5, 5.41) is 0. The predicted octanol–water partition coefficient (Wildman–Crippen LogP) is 19.3. The lowest BCUT2D eigenvalue weighted by atomic mass is 9.66. The summed E-state index contributed by atoms with van der Waals surface area (Å²) in [5.41, 5.74) is 18.2. The fourth-order valence-corrected chi connectivity index (χ4v) is 11.2. The second-order valence-electron chi connectivity index (χ2n) is 22.3. The first-order chi connectivity index (χ1) is 39.6. The average Bonchev–Trinajstić information content (AvgIpc) is 3.66. The molecule has 0 radical (unpaired) electrons. The Morgan fingerprint density at radius 1 is 0.387 bits per heavy atom. The van der Waals surface area contributed by atoms with Crippen LogP contribution in [0.3, 0.4) is 0 Å². The third-order valence-electron chi connectivity index (χ3n) is 15.3. The zero-order valence-electron chi connectivity index (χ0n) is 51.7. The van der Waals surface area contributed by atoms with Gasteiger partial charge in [0.15, 0.2) is 0 Å². The van der Waals surface area contributed by atoms with E-state index in [-0.39, 0.29) is 45.3 Å². The van der Waals surface area contributed by atoms with Gasteiger partial charge in [-0.1, -0.05) is 217 Å². The van der Waals surface area contributed by atoms with E-state index in [9.17, 15) is 0 Å². The molecule has 2 unspecified atom stereocenters. The third kappa shape index (κ3) is 10.6. The van der Waals surface area contributed by atoms with Crippen LogP contribution in [0.25, 0.3) is 78.3 Å². The van der Waals surface area contributed by atoms with Crippen molar-refractivity contribution in [2.75, 3.05) is 0 Å². The van der Waals surface area contributed by atoms with Crippen LogP contribution in [-0.2, 0) is 10.8 Å². The standard InChI is InChI=1S/C72H67N3/c1-48-41-68(75-47-67(48)49-17-9-8-10-18-49)53-31-25-50(26-32-53)61-19-11-14-22-64(61)56-42-57(65-23-15-12-20-62(65)51-27-33-54(34-28-51)69-45-59(37-39-73-69)71(2,3)4)44-58(43-56)66-24-16-13-21-63(66)52-29-35-55(36-30-52)70-46-60(38-40-74-70)72(5,6)7/h8-41,45-47,56-58H,42-44H2,1-7H3/i1D3,8D,9D,10D,17D,18D. The van der Waals surface area contributed by atoms with Gasteiger partial charge in [-0.2, -0.15) is 0 Å². The minimum absolute atomic E-state index is 0.00681. The molecule has 1 saturated carbocycles. The quantitative estimate of drug-likeness (QED) is 0.137. The molecular weight excluding hydrogens is 907 g/mol. The van der Waals surface area contributed by atoms with Crippen molar-refractivity contribution in [2.45, 2.75) is 96.2 Å². The topological polar surface area (TPSA) is 38.7 Å². The van der Waals surface area contributed by atoms with Crippen molar-refractivity contribution in [3.63, 3.8) is 0 Å². The molecule has 3 heteroatoms. The molecule has 7 aromatic carbocycles. The molecule has 75 heavy (non-hydrogen) atoms. The first kappa shape index (κ1) is 40.4. The van der Waals surface area contributed by atoms with Crippen LogP contribution in [0.5, 0.6) is 0 Å². The molecule has 370 valence electrons. The average molecular weight is 982 g/mol. The maximum atomic E-state index is 8.60. The second kappa shape index (κ2) is 20.7. The van der Waals surface area contributed by atoms with Gasteiger partial charge in [-0.15, -0.1) is 0 Å². The Labute approximate surface area is 456 Å². The molecule has 0 saturated heterocycles. The van der Waals surface area contributed by atoms with E-state index in [1.165, 1.54) is 62.3 Å². The van der Waals surface area contributed by atoms with Crippen molar-refractivity contribution in [3.05, 3.63) is 258 Å². The van der Waals surface area contributed by atoms with Gasteiger partial charge in [-0.05, 0) is 157 Å². The Morgan fingerprint density at radius 3 is 1.12 bits per heavy atom. The number of nitrogens with zero attached hydrogens (tertiary/aromatic N) is 3. The van der Waals surface area contributed by atoms with Crippen molar-refractivity contribution in [2.24, 2.45) is 0 Å². The molecule has 2 atom stereocenters. The van der Waals surface area contributed by atoms with E-state index >= 15 is 0 Å². The SMILES string of the molecule is [2H]c1c([2H])c([2H])c(-c2cnc(-c3ccc(-c4ccccc4C4CC(c5ccccc5-c5ccc(-c6cc(C(C)(C)C)ccn6)cc5)CC(c5ccccc5-c5ccc(-c6cc(C(C)(C)C)ccn6)cc5)C4)cc3)cc2C([2H])([2H])[2H])c([2H])c1[2H]. The van der Waals surface area contributed by atoms with Crippen LogP contribution < -0.4 is 0 Å². The summed E-state index contributed by atoms with van der Waals surface area (Å²) in [6.45, 7) is 10.7. The van der Waals surface area contributed by atoms with E-state index in [0.717, 1.165) is 52.9 Å². The van der Waals surface area contributed by atoms with Crippen LogP contribution in [0.15, 0.2) is 225 Å². The van der Waals surface area contributed by atoms with Gasteiger partial charge in [0.05, 0.1) is 23.9 Å². The molecule has 3 heterocycles. The zero-order valence-corrected chi connectivity index (χ0v) is 43.7. The number of hydrogen-bond donors (Lipinski definition) is 0. The summed E-state index contributed by atoms with van der Waals surface area (Å²) in [4.78, 5) is 14.2. The second-order valence-corrected chi connectivity index (χ2v) is 22.3. The summed E-state index contributed by atoms with van der Waals surface area (Å²) < 4.78 is 67.3. The zero-order chi connectivity index (χ0) is 58.5. The molecule has 11 rings (SSSR count). The molecule has 1 fully saturated rings. The lowest BCUT2D eigenvalue weighted by molar-refractivity contribution is 0.353. The molecule has 0 amide bonds. The highest BCUT2D eigenvalue weighted by Crippen LogP contribution is 2.52. The van der Waals surface area contributed by atoms with Gasteiger partial charge in [0, 0.05) is 45.0 Å². The van der Waals surface area contributed by atoms with E-state index in [1.807, 2.05) is 24.5 Å². The molecule has 1 aliphatic rings. The van der Waals surface area contributed by atoms with Gasteiger partial charge < -0.3 is 0 Å². The fraction of sp³-hybridized carbons (Fsp3) is 0.208. The summed E-state index contributed by atoms with van der Waals surface area (Å²) in [5.74, 6) is 0.576. The van der Waals surface area contributed by atoms with Gasteiger partial charge in [-0.25, -0.2) is 0 Å². The lowest BCUT2D eigenvalue weighted by Gasteiger charge is -2.38. The Balaban J connectivity index is 0.963. The van der Waals surface area contributed by atoms with E-state index in [4.69, 9.17) is 20.9 Å². The van der Waals surface area contributed by atoms with Gasteiger partial charge in [0.25, 0.3) is 0 Å².